The molecule has 0 aliphatic carbocycles. The van der Waals surface area contributed by atoms with Gasteiger partial charge in [0.15, 0.2) is 12.4 Å². The molecule has 0 aliphatic heterocycles. The van der Waals surface area contributed by atoms with Crippen LogP contribution in [0.5, 0.6) is 0 Å². The summed E-state index contributed by atoms with van der Waals surface area (Å²) < 4.78 is 4.67. The standard InChI is InChI=1S/C7H12O3S/c1-3-11-5-7(4-8)10-6(2)9/h4,7H,3,5H2,1-2H3. The monoisotopic (exact) mass is 176 g/mol. The van der Waals surface area contributed by atoms with Gasteiger partial charge in [-0.05, 0) is 5.75 Å². The number of hydrogen-bond acceptors (Lipinski definition) is 4. The fourth-order valence-electron chi connectivity index (χ4n) is 0.548. The third kappa shape index (κ3) is 5.91. The molecule has 3 nitrogen and oxygen atoms in total. The van der Waals surface area contributed by atoms with Crippen LogP contribution in [0.15, 0.2) is 0 Å². The summed E-state index contributed by atoms with van der Waals surface area (Å²) in [6.45, 7) is 3.29. The SMILES string of the molecule is CCSCC(C=O)OC(C)=O. The van der Waals surface area contributed by atoms with Crippen molar-refractivity contribution in [2.24, 2.45) is 0 Å². The second kappa shape index (κ2) is 6.22. The van der Waals surface area contributed by atoms with Crippen molar-refractivity contribution in [3.05, 3.63) is 0 Å². The smallest absolute Gasteiger partial charge is 0.303 e. The number of thioether (sulfide) groups is 1. The highest BCUT2D eigenvalue weighted by Crippen LogP contribution is 2.03. The average molecular weight is 176 g/mol. The van der Waals surface area contributed by atoms with Crippen molar-refractivity contribution in [3.63, 3.8) is 0 Å². The maximum absolute atomic E-state index is 10.4. The number of hydrogen-bond donors (Lipinski definition) is 0. The highest BCUT2D eigenvalue weighted by Gasteiger charge is 2.08. The van der Waals surface area contributed by atoms with E-state index < -0.39 is 12.1 Å². The number of esters is 1. The average Bonchev–Trinajstić information content (AvgIpc) is 1.97. The van der Waals surface area contributed by atoms with Crippen LogP contribution in [0.2, 0.25) is 0 Å². The summed E-state index contributed by atoms with van der Waals surface area (Å²) in [6.07, 6.45) is 0.0850. The van der Waals surface area contributed by atoms with E-state index in [0.29, 0.717) is 12.0 Å². The first-order chi connectivity index (χ1) is 5.20. The highest BCUT2D eigenvalue weighted by atomic mass is 32.2. The Bertz CT molecular complexity index is 136. The molecular weight excluding hydrogens is 164 g/mol. The predicted molar refractivity (Wildman–Crippen MR) is 44.6 cm³/mol. The quantitative estimate of drug-likeness (QED) is 0.460. The number of aldehydes is 1. The fraction of sp³-hybridized carbons (Fsp3) is 0.714. The Balaban J connectivity index is 3.57. The molecule has 0 spiro atoms. The van der Waals surface area contributed by atoms with Crippen LogP contribution in [0.1, 0.15) is 13.8 Å². The first-order valence-corrected chi connectivity index (χ1v) is 4.56. The largest absolute Gasteiger partial charge is 0.454 e. The molecule has 11 heavy (non-hydrogen) atoms. The molecule has 1 unspecified atom stereocenters. The van der Waals surface area contributed by atoms with Gasteiger partial charge in [0.2, 0.25) is 0 Å². The summed E-state index contributed by atoms with van der Waals surface area (Å²) >= 11 is 1.57. The molecule has 0 aromatic carbocycles. The molecule has 0 saturated heterocycles. The lowest BCUT2D eigenvalue weighted by molar-refractivity contribution is -0.148. The van der Waals surface area contributed by atoms with E-state index in [0.717, 1.165) is 5.75 Å². The minimum Gasteiger partial charge on any atom is -0.454 e. The van der Waals surface area contributed by atoms with Crippen molar-refractivity contribution < 1.29 is 14.3 Å². The van der Waals surface area contributed by atoms with Crippen molar-refractivity contribution in [2.45, 2.75) is 20.0 Å². The van der Waals surface area contributed by atoms with Crippen LogP contribution in [0, 0.1) is 0 Å². The van der Waals surface area contributed by atoms with Gasteiger partial charge < -0.3 is 4.74 Å². The minimum atomic E-state index is -0.572. The first-order valence-electron chi connectivity index (χ1n) is 3.41. The van der Waals surface area contributed by atoms with E-state index in [4.69, 9.17) is 0 Å². The van der Waals surface area contributed by atoms with E-state index in [2.05, 4.69) is 4.74 Å². The fourth-order valence-corrected chi connectivity index (χ4v) is 1.16. The first kappa shape index (κ1) is 10.5. The molecule has 64 valence electrons. The minimum absolute atomic E-state index is 0.404. The topological polar surface area (TPSA) is 43.4 Å². The van der Waals surface area contributed by atoms with E-state index in [-0.39, 0.29) is 0 Å². The van der Waals surface area contributed by atoms with Crippen LogP contribution in [-0.4, -0.2) is 29.9 Å². The van der Waals surface area contributed by atoms with Gasteiger partial charge in [0.25, 0.3) is 0 Å². The number of carbonyl (C=O) groups excluding carboxylic acids is 2. The van der Waals surface area contributed by atoms with Crippen molar-refractivity contribution in [2.75, 3.05) is 11.5 Å². The Labute approximate surface area is 70.5 Å². The van der Waals surface area contributed by atoms with Crippen LogP contribution in [0.3, 0.4) is 0 Å². The molecule has 0 radical (unpaired) electrons. The van der Waals surface area contributed by atoms with E-state index >= 15 is 0 Å². The summed E-state index contributed by atoms with van der Waals surface area (Å²) in [6, 6.07) is 0. The van der Waals surface area contributed by atoms with Crippen LogP contribution >= 0.6 is 11.8 Å². The van der Waals surface area contributed by atoms with Gasteiger partial charge in [0, 0.05) is 12.7 Å². The zero-order valence-electron chi connectivity index (χ0n) is 6.70. The molecule has 4 heteroatoms. The van der Waals surface area contributed by atoms with Crippen molar-refractivity contribution in [1.82, 2.24) is 0 Å². The van der Waals surface area contributed by atoms with Gasteiger partial charge in [-0.1, -0.05) is 6.92 Å². The maximum Gasteiger partial charge on any atom is 0.303 e. The van der Waals surface area contributed by atoms with Crippen LogP contribution in [-0.2, 0) is 14.3 Å². The molecule has 0 fully saturated rings. The molecule has 0 aliphatic rings. The van der Waals surface area contributed by atoms with E-state index in [1.165, 1.54) is 6.92 Å². The molecule has 0 heterocycles. The second-order valence-corrected chi connectivity index (χ2v) is 3.26. The molecular formula is C7H12O3S. The number of rotatable bonds is 5. The summed E-state index contributed by atoms with van der Waals surface area (Å²) in [5, 5.41) is 0. The van der Waals surface area contributed by atoms with E-state index in [1.807, 2.05) is 6.92 Å². The maximum atomic E-state index is 10.4. The Hall–Kier alpha value is -0.510. The van der Waals surface area contributed by atoms with Gasteiger partial charge in [-0.15, -0.1) is 0 Å². The van der Waals surface area contributed by atoms with Crippen molar-refractivity contribution >= 4 is 24.0 Å². The molecule has 0 amide bonds. The highest BCUT2D eigenvalue weighted by molar-refractivity contribution is 7.99. The number of carbonyl (C=O) groups is 2. The molecule has 0 saturated carbocycles. The number of ether oxygens (including phenoxy) is 1. The molecule has 0 aromatic rings. The normalized spacial score (nSPS) is 12.2. The van der Waals surface area contributed by atoms with Gasteiger partial charge in [-0.3, -0.25) is 9.59 Å². The lowest BCUT2D eigenvalue weighted by Gasteiger charge is -2.08. The van der Waals surface area contributed by atoms with Gasteiger partial charge in [-0.25, -0.2) is 0 Å². The summed E-state index contributed by atoms with van der Waals surface area (Å²) in [7, 11) is 0. The summed E-state index contributed by atoms with van der Waals surface area (Å²) in [4.78, 5) is 20.6. The zero-order chi connectivity index (χ0) is 8.69. The Morgan fingerprint density at radius 3 is 2.73 bits per heavy atom. The third-order valence-electron chi connectivity index (χ3n) is 0.955. The Kier molecular flexibility index (Phi) is 5.93. The van der Waals surface area contributed by atoms with Crippen molar-refractivity contribution in [3.8, 4) is 0 Å². The van der Waals surface area contributed by atoms with Gasteiger partial charge >= 0.3 is 5.97 Å². The summed E-state index contributed by atoms with van der Waals surface area (Å²) in [5.74, 6) is 1.07. The Morgan fingerprint density at radius 1 is 1.73 bits per heavy atom. The van der Waals surface area contributed by atoms with Crippen LogP contribution in [0.4, 0.5) is 0 Å². The van der Waals surface area contributed by atoms with Gasteiger partial charge in [-0.2, -0.15) is 11.8 Å². The summed E-state index contributed by atoms with van der Waals surface area (Å²) in [5.41, 5.74) is 0. The molecule has 0 rings (SSSR count). The van der Waals surface area contributed by atoms with Gasteiger partial charge in [0.1, 0.15) is 0 Å². The predicted octanol–water partition coefficient (Wildman–Crippen LogP) is 0.870. The van der Waals surface area contributed by atoms with Crippen molar-refractivity contribution in [1.29, 1.82) is 0 Å². The second-order valence-electron chi connectivity index (χ2n) is 1.94. The lowest BCUT2D eigenvalue weighted by atomic mass is 10.4. The zero-order valence-corrected chi connectivity index (χ0v) is 7.52. The van der Waals surface area contributed by atoms with Crippen LogP contribution < -0.4 is 0 Å². The lowest BCUT2D eigenvalue weighted by Crippen LogP contribution is -2.20. The molecule has 1 atom stereocenters. The molecule has 0 N–H and O–H groups in total. The molecule has 0 aromatic heterocycles. The Morgan fingerprint density at radius 2 is 2.36 bits per heavy atom. The van der Waals surface area contributed by atoms with Crippen LogP contribution in [0.25, 0.3) is 0 Å². The third-order valence-corrected chi connectivity index (χ3v) is 1.93. The van der Waals surface area contributed by atoms with Gasteiger partial charge in [0.05, 0.1) is 0 Å². The van der Waals surface area contributed by atoms with E-state index in [9.17, 15) is 9.59 Å². The molecule has 0 bridgehead atoms. The van der Waals surface area contributed by atoms with E-state index in [1.54, 1.807) is 11.8 Å².